The Labute approximate surface area is 113 Å². The van der Waals surface area contributed by atoms with Crippen LogP contribution in [-0.4, -0.2) is 25.5 Å². The number of carbonyl (C=O) groups excluding carboxylic acids is 1. The van der Waals surface area contributed by atoms with Gasteiger partial charge in [0.15, 0.2) is 0 Å². The first-order valence-corrected chi connectivity index (χ1v) is 6.88. The molecule has 1 aromatic rings. The van der Waals surface area contributed by atoms with Crippen LogP contribution in [0.15, 0.2) is 24.3 Å². The summed E-state index contributed by atoms with van der Waals surface area (Å²) in [6.07, 6.45) is 3.56. The number of carbonyl (C=O) groups is 1. The fourth-order valence-corrected chi connectivity index (χ4v) is 2.39. The molecule has 1 heterocycles. The average Bonchev–Trinajstić information content (AvgIpc) is 2.40. The molecule has 0 spiro atoms. The third-order valence-electron chi connectivity index (χ3n) is 3.34. The molecule has 1 atom stereocenters. The maximum absolute atomic E-state index is 11.8. The normalized spacial score (nSPS) is 19.5. The predicted molar refractivity (Wildman–Crippen MR) is 74.0 cm³/mol. The summed E-state index contributed by atoms with van der Waals surface area (Å²) in [4.78, 5) is 11.8. The topological polar surface area (TPSA) is 41.1 Å². The van der Waals surface area contributed by atoms with Crippen molar-refractivity contribution < 1.29 is 4.79 Å². The lowest BCUT2D eigenvalue weighted by atomic mass is 9.96. The summed E-state index contributed by atoms with van der Waals surface area (Å²) in [5.74, 6) is 0.680. The molecule has 0 bridgehead atoms. The first-order chi connectivity index (χ1) is 8.75. The minimum Gasteiger partial charge on any atom is -0.352 e. The maximum atomic E-state index is 11.8. The van der Waals surface area contributed by atoms with Crippen molar-refractivity contribution in [1.82, 2.24) is 10.6 Å². The van der Waals surface area contributed by atoms with E-state index in [2.05, 4.69) is 10.6 Å². The van der Waals surface area contributed by atoms with Gasteiger partial charge in [-0.25, -0.2) is 0 Å². The van der Waals surface area contributed by atoms with Gasteiger partial charge in [0.25, 0.3) is 5.91 Å². The van der Waals surface area contributed by atoms with Crippen molar-refractivity contribution in [1.29, 1.82) is 0 Å². The maximum Gasteiger partial charge on any atom is 0.251 e. The second-order valence-electron chi connectivity index (χ2n) is 4.76. The van der Waals surface area contributed by atoms with Gasteiger partial charge in [-0.2, -0.15) is 0 Å². The molecule has 1 aliphatic heterocycles. The van der Waals surface area contributed by atoms with E-state index >= 15 is 0 Å². The molecule has 3 nitrogen and oxygen atoms in total. The molecule has 2 N–H and O–H groups in total. The van der Waals surface area contributed by atoms with E-state index in [4.69, 9.17) is 11.6 Å². The summed E-state index contributed by atoms with van der Waals surface area (Å²) in [5, 5.41) is 6.99. The zero-order chi connectivity index (χ0) is 12.8. The van der Waals surface area contributed by atoms with E-state index in [0.717, 1.165) is 26.1 Å². The number of halogens is 1. The van der Waals surface area contributed by atoms with E-state index in [1.807, 2.05) is 0 Å². The molecule has 1 saturated heterocycles. The molecule has 2 rings (SSSR count). The molecular weight excluding hydrogens is 248 g/mol. The van der Waals surface area contributed by atoms with Crippen molar-refractivity contribution in [2.45, 2.75) is 19.3 Å². The molecule has 0 aromatic heterocycles. The third kappa shape index (κ3) is 4.00. The third-order valence-corrected chi connectivity index (χ3v) is 3.60. The van der Waals surface area contributed by atoms with Crippen LogP contribution in [0.1, 0.15) is 29.6 Å². The molecule has 1 unspecified atom stereocenters. The van der Waals surface area contributed by atoms with Gasteiger partial charge < -0.3 is 10.6 Å². The van der Waals surface area contributed by atoms with Gasteiger partial charge in [0.05, 0.1) is 0 Å². The lowest BCUT2D eigenvalue weighted by Crippen LogP contribution is -2.33. The lowest BCUT2D eigenvalue weighted by Gasteiger charge is -2.22. The Morgan fingerprint density at radius 1 is 1.39 bits per heavy atom. The van der Waals surface area contributed by atoms with E-state index < -0.39 is 0 Å². The zero-order valence-corrected chi connectivity index (χ0v) is 11.2. The highest BCUT2D eigenvalue weighted by molar-refractivity contribution is 6.30. The number of hydrogen-bond donors (Lipinski definition) is 2. The summed E-state index contributed by atoms with van der Waals surface area (Å²) in [5.41, 5.74) is 0.668. The van der Waals surface area contributed by atoms with Crippen LogP contribution in [-0.2, 0) is 0 Å². The predicted octanol–water partition coefficient (Wildman–Crippen LogP) is 2.46. The molecule has 4 heteroatoms. The van der Waals surface area contributed by atoms with Gasteiger partial charge in [-0.15, -0.1) is 0 Å². The largest absolute Gasteiger partial charge is 0.352 e. The van der Waals surface area contributed by atoms with Crippen LogP contribution in [0.4, 0.5) is 0 Å². The van der Waals surface area contributed by atoms with Crippen LogP contribution < -0.4 is 10.6 Å². The first kappa shape index (κ1) is 13.4. The zero-order valence-electron chi connectivity index (χ0n) is 10.4. The SMILES string of the molecule is O=C(NCCC1CCCNC1)c1ccc(Cl)cc1. The summed E-state index contributed by atoms with van der Waals surface area (Å²) in [6.45, 7) is 2.96. The van der Waals surface area contributed by atoms with Gasteiger partial charge in [0.1, 0.15) is 0 Å². The van der Waals surface area contributed by atoms with Crippen molar-refractivity contribution in [2.24, 2.45) is 5.92 Å². The van der Waals surface area contributed by atoms with Crippen LogP contribution in [0.2, 0.25) is 5.02 Å². The van der Waals surface area contributed by atoms with Crippen molar-refractivity contribution in [3.05, 3.63) is 34.9 Å². The fourth-order valence-electron chi connectivity index (χ4n) is 2.26. The van der Waals surface area contributed by atoms with Gasteiger partial charge in [0.2, 0.25) is 0 Å². The van der Waals surface area contributed by atoms with Gasteiger partial charge in [-0.3, -0.25) is 4.79 Å². The minimum atomic E-state index is -0.0181. The highest BCUT2D eigenvalue weighted by atomic mass is 35.5. The quantitative estimate of drug-likeness (QED) is 0.879. The van der Waals surface area contributed by atoms with Crippen molar-refractivity contribution >= 4 is 17.5 Å². The number of benzene rings is 1. The van der Waals surface area contributed by atoms with Gasteiger partial charge in [0, 0.05) is 17.1 Å². The minimum absolute atomic E-state index is 0.0181. The van der Waals surface area contributed by atoms with Gasteiger partial charge in [-0.05, 0) is 62.5 Å². The monoisotopic (exact) mass is 266 g/mol. The lowest BCUT2D eigenvalue weighted by molar-refractivity contribution is 0.0950. The molecule has 0 radical (unpaired) electrons. The van der Waals surface area contributed by atoms with E-state index in [1.54, 1.807) is 24.3 Å². The Bertz CT molecular complexity index is 385. The number of piperidine rings is 1. The Morgan fingerprint density at radius 2 is 2.17 bits per heavy atom. The average molecular weight is 267 g/mol. The molecule has 18 heavy (non-hydrogen) atoms. The van der Waals surface area contributed by atoms with Crippen LogP contribution in [0.25, 0.3) is 0 Å². The van der Waals surface area contributed by atoms with E-state index in [9.17, 15) is 4.79 Å². The van der Waals surface area contributed by atoms with E-state index in [1.165, 1.54) is 12.8 Å². The smallest absolute Gasteiger partial charge is 0.251 e. The van der Waals surface area contributed by atoms with Crippen LogP contribution in [0, 0.1) is 5.92 Å². The van der Waals surface area contributed by atoms with E-state index in [0.29, 0.717) is 16.5 Å². The Kier molecular flexibility index (Phi) is 5.02. The number of rotatable bonds is 4. The van der Waals surface area contributed by atoms with Crippen LogP contribution in [0.3, 0.4) is 0 Å². The highest BCUT2D eigenvalue weighted by Crippen LogP contribution is 2.13. The van der Waals surface area contributed by atoms with E-state index in [-0.39, 0.29) is 5.91 Å². The Hall–Kier alpha value is -1.06. The molecule has 0 aliphatic carbocycles. The number of amides is 1. The fraction of sp³-hybridized carbons (Fsp3) is 0.500. The second-order valence-corrected chi connectivity index (χ2v) is 5.20. The first-order valence-electron chi connectivity index (χ1n) is 6.50. The molecule has 1 fully saturated rings. The molecule has 1 aromatic carbocycles. The van der Waals surface area contributed by atoms with Crippen LogP contribution >= 0.6 is 11.6 Å². The summed E-state index contributed by atoms with van der Waals surface area (Å²) in [7, 11) is 0. The van der Waals surface area contributed by atoms with Gasteiger partial charge in [-0.1, -0.05) is 11.6 Å². The van der Waals surface area contributed by atoms with Crippen molar-refractivity contribution in [2.75, 3.05) is 19.6 Å². The number of nitrogens with one attached hydrogen (secondary N) is 2. The molecule has 98 valence electrons. The summed E-state index contributed by atoms with van der Waals surface area (Å²) < 4.78 is 0. The Morgan fingerprint density at radius 3 is 2.83 bits per heavy atom. The molecular formula is C14H19ClN2O. The summed E-state index contributed by atoms with van der Waals surface area (Å²) in [6, 6.07) is 6.97. The van der Waals surface area contributed by atoms with Crippen molar-refractivity contribution in [3.63, 3.8) is 0 Å². The number of hydrogen-bond acceptors (Lipinski definition) is 2. The summed E-state index contributed by atoms with van der Waals surface area (Å²) >= 11 is 5.78. The van der Waals surface area contributed by atoms with Gasteiger partial charge >= 0.3 is 0 Å². The second kappa shape index (κ2) is 6.76. The van der Waals surface area contributed by atoms with Crippen LogP contribution in [0.5, 0.6) is 0 Å². The highest BCUT2D eigenvalue weighted by Gasteiger charge is 2.13. The molecule has 1 aliphatic rings. The molecule has 0 saturated carbocycles. The Balaban J connectivity index is 1.72. The standard InChI is InChI=1S/C14H19ClN2O/c15-13-5-3-12(4-6-13)14(18)17-9-7-11-2-1-8-16-10-11/h3-6,11,16H,1-2,7-10H2,(H,17,18). The van der Waals surface area contributed by atoms with Crippen molar-refractivity contribution in [3.8, 4) is 0 Å². The molecule has 1 amide bonds.